The van der Waals surface area contributed by atoms with Crippen LogP contribution in [0.5, 0.6) is 0 Å². The van der Waals surface area contributed by atoms with E-state index in [0.29, 0.717) is 6.54 Å². The van der Waals surface area contributed by atoms with Gasteiger partial charge in [0.1, 0.15) is 0 Å². The van der Waals surface area contributed by atoms with Gasteiger partial charge in [-0.1, -0.05) is 26.7 Å². The van der Waals surface area contributed by atoms with Gasteiger partial charge in [0.05, 0.1) is 0 Å². The molecule has 0 radical (unpaired) electrons. The van der Waals surface area contributed by atoms with Crippen LogP contribution in [0.3, 0.4) is 0 Å². The molecule has 1 heterocycles. The van der Waals surface area contributed by atoms with Crippen LogP contribution in [0, 0.1) is 5.41 Å². The van der Waals surface area contributed by atoms with Crippen molar-refractivity contribution in [3.8, 4) is 0 Å². The van der Waals surface area contributed by atoms with E-state index in [4.69, 9.17) is 5.73 Å². The Morgan fingerprint density at radius 2 is 1.73 bits per heavy atom. The van der Waals surface area contributed by atoms with Gasteiger partial charge in [0.2, 0.25) is 5.91 Å². The molecule has 0 atom stereocenters. The quantitative estimate of drug-likeness (QED) is 0.775. The number of likely N-dealkylation sites (tertiary alicyclic amines) is 1. The van der Waals surface area contributed by atoms with Crippen LogP contribution >= 0.6 is 0 Å². The van der Waals surface area contributed by atoms with Gasteiger partial charge in [0, 0.05) is 18.5 Å². The van der Waals surface area contributed by atoms with Crippen LogP contribution in [0.1, 0.15) is 46.0 Å². The second kappa shape index (κ2) is 5.50. The summed E-state index contributed by atoms with van der Waals surface area (Å²) in [6, 6.07) is 0. The molecule has 15 heavy (non-hydrogen) atoms. The predicted molar refractivity (Wildman–Crippen MR) is 62.5 cm³/mol. The number of rotatable bonds is 3. The highest BCUT2D eigenvalue weighted by molar-refractivity contribution is 5.82. The van der Waals surface area contributed by atoms with Crippen molar-refractivity contribution in [1.82, 2.24) is 4.90 Å². The first-order chi connectivity index (χ1) is 7.08. The summed E-state index contributed by atoms with van der Waals surface area (Å²) in [5.41, 5.74) is 5.26. The Kier molecular flexibility index (Phi) is 4.58. The van der Waals surface area contributed by atoms with Gasteiger partial charge in [-0.25, -0.2) is 0 Å². The van der Waals surface area contributed by atoms with Crippen LogP contribution in [0.2, 0.25) is 0 Å². The molecule has 3 heteroatoms. The lowest BCUT2D eigenvalue weighted by Crippen LogP contribution is -2.42. The molecule has 0 saturated carbocycles. The van der Waals surface area contributed by atoms with E-state index in [-0.39, 0.29) is 11.3 Å². The lowest BCUT2D eigenvalue weighted by molar-refractivity contribution is -0.140. The standard InChI is InChI=1S/C12H24N2O/c1-12(2,7-8-13)11(15)14-9-5-3-4-6-10-14/h3-10,13H2,1-2H3. The van der Waals surface area contributed by atoms with Crippen molar-refractivity contribution in [1.29, 1.82) is 0 Å². The van der Waals surface area contributed by atoms with Gasteiger partial charge < -0.3 is 10.6 Å². The zero-order chi connectivity index (χ0) is 11.3. The molecule has 88 valence electrons. The average Bonchev–Trinajstić information content (AvgIpc) is 2.44. The third kappa shape index (κ3) is 3.49. The van der Waals surface area contributed by atoms with E-state index in [1.54, 1.807) is 0 Å². The molecule has 3 nitrogen and oxygen atoms in total. The minimum Gasteiger partial charge on any atom is -0.342 e. The molecule has 0 aliphatic carbocycles. The van der Waals surface area contributed by atoms with Gasteiger partial charge in [-0.05, 0) is 25.8 Å². The SMILES string of the molecule is CC(C)(CCN)C(=O)N1CCCCCC1. The molecule has 0 aromatic rings. The van der Waals surface area contributed by atoms with Crippen molar-refractivity contribution in [2.24, 2.45) is 11.1 Å². The molecule has 1 rings (SSSR count). The van der Waals surface area contributed by atoms with Crippen molar-refractivity contribution < 1.29 is 4.79 Å². The summed E-state index contributed by atoms with van der Waals surface area (Å²) < 4.78 is 0. The second-order valence-electron chi connectivity index (χ2n) is 5.13. The highest BCUT2D eigenvalue weighted by Gasteiger charge is 2.31. The maximum absolute atomic E-state index is 12.2. The fourth-order valence-electron chi connectivity index (χ4n) is 2.17. The van der Waals surface area contributed by atoms with Gasteiger partial charge in [-0.2, -0.15) is 0 Å². The third-order valence-corrected chi connectivity index (χ3v) is 3.24. The van der Waals surface area contributed by atoms with Gasteiger partial charge in [0.15, 0.2) is 0 Å². The molecular weight excluding hydrogens is 188 g/mol. The predicted octanol–water partition coefficient (Wildman–Crippen LogP) is 1.76. The fraction of sp³-hybridized carbons (Fsp3) is 0.917. The first kappa shape index (κ1) is 12.5. The lowest BCUT2D eigenvalue weighted by Gasteiger charge is -2.31. The van der Waals surface area contributed by atoms with Crippen LogP contribution in [-0.2, 0) is 4.79 Å². The normalized spacial score (nSPS) is 18.7. The number of hydrogen-bond donors (Lipinski definition) is 1. The number of hydrogen-bond acceptors (Lipinski definition) is 2. The zero-order valence-electron chi connectivity index (χ0n) is 10.1. The molecular formula is C12H24N2O. The molecule has 0 spiro atoms. The minimum atomic E-state index is -0.279. The number of amides is 1. The minimum absolute atomic E-state index is 0.279. The Morgan fingerprint density at radius 1 is 1.20 bits per heavy atom. The summed E-state index contributed by atoms with van der Waals surface area (Å²) >= 11 is 0. The average molecular weight is 212 g/mol. The van der Waals surface area contributed by atoms with E-state index in [1.165, 1.54) is 12.8 Å². The smallest absolute Gasteiger partial charge is 0.228 e. The summed E-state index contributed by atoms with van der Waals surface area (Å²) in [7, 11) is 0. The van der Waals surface area contributed by atoms with Crippen LogP contribution in [0.4, 0.5) is 0 Å². The fourth-order valence-corrected chi connectivity index (χ4v) is 2.17. The van der Waals surface area contributed by atoms with E-state index < -0.39 is 0 Å². The van der Waals surface area contributed by atoms with Crippen molar-refractivity contribution in [2.75, 3.05) is 19.6 Å². The topological polar surface area (TPSA) is 46.3 Å². The summed E-state index contributed by atoms with van der Waals surface area (Å²) in [5.74, 6) is 0.287. The molecule has 0 aromatic carbocycles. The highest BCUT2D eigenvalue weighted by Crippen LogP contribution is 2.24. The molecule has 1 amide bonds. The maximum atomic E-state index is 12.2. The van der Waals surface area contributed by atoms with Crippen LogP contribution in [0.25, 0.3) is 0 Å². The number of carbonyl (C=O) groups excluding carboxylic acids is 1. The lowest BCUT2D eigenvalue weighted by atomic mass is 9.87. The third-order valence-electron chi connectivity index (χ3n) is 3.24. The van der Waals surface area contributed by atoms with E-state index in [2.05, 4.69) is 0 Å². The zero-order valence-corrected chi connectivity index (χ0v) is 10.1. The Balaban J connectivity index is 2.56. The van der Waals surface area contributed by atoms with E-state index in [1.807, 2.05) is 18.7 Å². The molecule has 0 bridgehead atoms. The largest absolute Gasteiger partial charge is 0.342 e. The van der Waals surface area contributed by atoms with Gasteiger partial charge in [-0.3, -0.25) is 4.79 Å². The Labute approximate surface area is 93.0 Å². The van der Waals surface area contributed by atoms with Crippen LogP contribution < -0.4 is 5.73 Å². The molecule has 0 unspecified atom stereocenters. The van der Waals surface area contributed by atoms with Crippen molar-refractivity contribution in [3.05, 3.63) is 0 Å². The van der Waals surface area contributed by atoms with E-state index in [0.717, 1.165) is 32.4 Å². The molecule has 1 aliphatic rings. The number of nitrogens with zero attached hydrogens (tertiary/aromatic N) is 1. The first-order valence-electron chi connectivity index (χ1n) is 6.07. The van der Waals surface area contributed by atoms with Gasteiger partial charge in [0.25, 0.3) is 0 Å². The monoisotopic (exact) mass is 212 g/mol. The summed E-state index contributed by atoms with van der Waals surface area (Å²) in [4.78, 5) is 14.3. The Morgan fingerprint density at radius 3 is 2.20 bits per heavy atom. The summed E-state index contributed by atoms with van der Waals surface area (Å²) in [5, 5.41) is 0. The Hall–Kier alpha value is -0.570. The molecule has 1 aliphatic heterocycles. The Bertz CT molecular complexity index is 206. The summed E-state index contributed by atoms with van der Waals surface area (Å²) in [6.45, 7) is 6.48. The second-order valence-corrected chi connectivity index (χ2v) is 5.13. The molecule has 2 N–H and O–H groups in total. The van der Waals surface area contributed by atoms with Crippen molar-refractivity contribution >= 4 is 5.91 Å². The van der Waals surface area contributed by atoms with Crippen molar-refractivity contribution in [3.63, 3.8) is 0 Å². The van der Waals surface area contributed by atoms with Gasteiger partial charge >= 0.3 is 0 Å². The van der Waals surface area contributed by atoms with Crippen LogP contribution in [0.15, 0.2) is 0 Å². The number of carbonyl (C=O) groups is 1. The molecule has 1 fully saturated rings. The van der Waals surface area contributed by atoms with Gasteiger partial charge in [-0.15, -0.1) is 0 Å². The van der Waals surface area contributed by atoms with E-state index >= 15 is 0 Å². The summed E-state index contributed by atoms with van der Waals surface area (Å²) in [6.07, 6.45) is 5.62. The maximum Gasteiger partial charge on any atom is 0.228 e. The van der Waals surface area contributed by atoms with E-state index in [9.17, 15) is 4.79 Å². The molecule has 0 aromatic heterocycles. The number of nitrogens with two attached hydrogens (primary N) is 1. The molecule has 1 saturated heterocycles. The highest BCUT2D eigenvalue weighted by atomic mass is 16.2. The first-order valence-corrected chi connectivity index (χ1v) is 6.07. The van der Waals surface area contributed by atoms with Crippen molar-refractivity contribution in [2.45, 2.75) is 46.0 Å². The van der Waals surface area contributed by atoms with Crippen LogP contribution in [-0.4, -0.2) is 30.4 Å².